The van der Waals surface area contributed by atoms with E-state index in [1.807, 2.05) is 19.9 Å². The van der Waals surface area contributed by atoms with Gasteiger partial charge in [0.1, 0.15) is 0 Å². The van der Waals surface area contributed by atoms with E-state index in [0.717, 1.165) is 6.42 Å². The van der Waals surface area contributed by atoms with E-state index < -0.39 is 10.0 Å². The Hall–Kier alpha value is -1.38. The topological polar surface area (TPSA) is 61.2 Å². The molecule has 0 radical (unpaired) electrons. The first-order valence-corrected chi connectivity index (χ1v) is 7.93. The zero-order valence-corrected chi connectivity index (χ0v) is 12.4. The van der Waals surface area contributed by atoms with Gasteiger partial charge >= 0.3 is 0 Å². The van der Waals surface area contributed by atoms with Crippen LogP contribution in [0.25, 0.3) is 0 Å². The summed E-state index contributed by atoms with van der Waals surface area (Å²) in [5.41, 5.74) is 1.24. The third-order valence-electron chi connectivity index (χ3n) is 3.17. The summed E-state index contributed by atoms with van der Waals surface area (Å²) in [6.07, 6.45) is 0.955. The molecule has 0 aliphatic heterocycles. The first kappa shape index (κ1) is 15.7. The van der Waals surface area contributed by atoms with E-state index in [-0.39, 0.29) is 5.75 Å². The molecule has 5 heteroatoms. The molecule has 104 valence electrons. The summed E-state index contributed by atoms with van der Waals surface area (Å²) in [6.45, 7) is 4.62. The summed E-state index contributed by atoms with van der Waals surface area (Å²) < 4.78 is 25.7. The second kappa shape index (κ2) is 6.69. The van der Waals surface area contributed by atoms with E-state index >= 15 is 0 Å². The lowest BCUT2D eigenvalue weighted by atomic mass is 10.1. The fourth-order valence-electron chi connectivity index (χ4n) is 1.68. The monoisotopic (exact) mass is 280 g/mol. The van der Waals surface area contributed by atoms with Gasteiger partial charge in [0.2, 0.25) is 10.0 Å². The van der Waals surface area contributed by atoms with Crippen LogP contribution in [-0.4, -0.2) is 26.3 Å². The van der Waals surface area contributed by atoms with Crippen molar-refractivity contribution in [3.05, 3.63) is 35.4 Å². The van der Waals surface area contributed by atoms with Crippen LogP contribution in [0.2, 0.25) is 0 Å². The molecule has 1 unspecified atom stereocenters. The molecule has 0 spiro atoms. The molecular formula is C14H20N2O2S. The molecule has 0 aliphatic rings. The SMILES string of the molecule is CCC(C)CN(C)S(=O)(=O)Cc1ccc(C#N)cc1. The van der Waals surface area contributed by atoms with Crippen LogP contribution < -0.4 is 0 Å². The van der Waals surface area contributed by atoms with Crippen molar-refractivity contribution in [2.45, 2.75) is 26.0 Å². The van der Waals surface area contributed by atoms with Crippen molar-refractivity contribution in [3.63, 3.8) is 0 Å². The van der Waals surface area contributed by atoms with E-state index in [1.54, 1.807) is 31.3 Å². The fraction of sp³-hybridized carbons (Fsp3) is 0.500. The molecule has 0 saturated carbocycles. The van der Waals surface area contributed by atoms with Crippen LogP contribution in [0.4, 0.5) is 0 Å². The van der Waals surface area contributed by atoms with Crippen molar-refractivity contribution in [2.75, 3.05) is 13.6 Å². The standard InChI is InChI=1S/C14H20N2O2S/c1-4-12(2)10-16(3)19(17,18)11-14-7-5-13(9-15)6-8-14/h5-8,12H,4,10-11H2,1-3H3. The number of nitriles is 1. The molecule has 0 amide bonds. The number of hydrogen-bond acceptors (Lipinski definition) is 3. The predicted octanol–water partition coefficient (Wildman–Crippen LogP) is 2.37. The van der Waals surface area contributed by atoms with Gasteiger partial charge in [-0.05, 0) is 23.6 Å². The second-order valence-electron chi connectivity index (χ2n) is 4.86. The van der Waals surface area contributed by atoms with Crippen molar-refractivity contribution in [3.8, 4) is 6.07 Å². The van der Waals surface area contributed by atoms with Gasteiger partial charge in [0.25, 0.3) is 0 Å². The molecule has 1 aromatic rings. The molecular weight excluding hydrogens is 260 g/mol. The summed E-state index contributed by atoms with van der Waals surface area (Å²) in [5.74, 6) is 0.326. The first-order valence-electron chi connectivity index (χ1n) is 6.32. The fourth-order valence-corrected chi connectivity index (χ4v) is 2.99. The largest absolute Gasteiger partial charge is 0.218 e. The van der Waals surface area contributed by atoms with Crippen LogP contribution in [0.5, 0.6) is 0 Å². The Balaban J connectivity index is 2.75. The van der Waals surface area contributed by atoms with Crippen LogP contribution in [0.3, 0.4) is 0 Å². The van der Waals surface area contributed by atoms with Gasteiger partial charge in [0.15, 0.2) is 0 Å². The number of benzene rings is 1. The van der Waals surface area contributed by atoms with Crippen LogP contribution >= 0.6 is 0 Å². The third kappa shape index (κ3) is 4.66. The minimum Gasteiger partial charge on any atom is -0.212 e. The van der Waals surface area contributed by atoms with Gasteiger partial charge in [0, 0.05) is 13.6 Å². The zero-order valence-electron chi connectivity index (χ0n) is 11.6. The Bertz CT molecular complexity index is 544. The summed E-state index contributed by atoms with van der Waals surface area (Å²) >= 11 is 0. The van der Waals surface area contributed by atoms with Crippen molar-refractivity contribution in [1.29, 1.82) is 5.26 Å². The Morgan fingerprint density at radius 3 is 2.37 bits per heavy atom. The Morgan fingerprint density at radius 2 is 1.89 bits per heavy atom. The van der Waals surface area contributed by atoms with Crippen LogP contribution in [0, 0.1) is 17.2 Å². The van der Waals surface area contributed by atoms with Gasteiger partial charge in [-0.2, -0.15) is 5.26 Å². The lowest BCUT2D eigenvalue weighted by molar-refractivity contribution is 0.393. The van der Waals surface area contributed by atoms with Gasteiger partial charge in [-0.15, -0.1) is 0 Å². The lowest BCUT2D eigenvalue weighted by Crippen LogP contribution is -2.32. The average molecular weight is 280 g/mol. The molecule has 0 saturated heterocycles. The maximum atomic E-state index is 12.2. The van der Waals surface area contributed by atoms with Gasteiger partial charge in [-0.1, -0.05) is 32.4 Å². The molecule has 4 nitrogen and oxygen atoms in total. The molecule has 0 aliphatic carbocycles. The van der Waals surface area contributed by atoms with E-state index in [9.17, 15) is 8.42 Å². The molecule has 0 fully saturated rings. The summed E-state index contributed by atoms with van der Waals surface area (Å²) in [7, 11) is -1.67. The molecule has 1 atom stereocenters. The van der Waals surface area contributed by atoms with Crippen molar-refractivity contribution >= 4 is 10.0 Å². The molecule has 0 N–H and O–H groups in total. The van der Waals surface area contributed by atoms with E-state index in [1.165, 1.54) is 4.31 Å². The maximum Gasteiger partial charge on any atom is 0.218 e. The quantitative estimate of drug-likeness (QED) is 0.803. The lowest BCUT2D eigenvalue weighted by Gasteiger charge is -2.20. The summed E-state index contributed by atoms with van der Waals surface area (Å²) in [6, 6.07) is 8.67. The van der Waals surface area contributed by atoms with Gasteiger partial charge in [0.05, 0.1) is 17.4 Å². The van der Waals surface area contributed by atoms with Crippen molar-refractivity contribution < 1.29 is 8.42 Å². The molecule has 1 rings (SSSR count). The highest BCUT2D eigenvalue weighted by molar-refractivity contribution is 7.88. The Kier molecular flexibility index (Phi) is 5.52. The van der Waals surface area contributed by atoms with Gasteiger partial charge in [-0.25, -0.2) is 12.7 Å². The van der Waals surface area contributed by atoms with Gasteiger partial charge < -0.3 is 0 Å². The van der Waals surface area contributed by atoms with Crippen LogP contribution in [0.15, 0.2) is 24.3 Å². The summed E-state index contributed by atoms with van der Waals surface area (Å²) in [5, 5.41) is 8.70. The minimum atomic E-state index is -3.29. The number of hydrogen-bond donors (Lipinski definition) is 0. The Labute approximate surface area is 115 Å². The minimum absolute atomic E-state index is 0.0222. The van der Waals surface area contributed by atoms with Crippen LogP contribution in [-0.2, 0) is 15.8 Å². The third-order valence-corrected chi connectivity index (χ3v) is 4.97. The molecule has 0 aromatic heterocycles. The van der Waals surface area contributed by atoms with E-state index in [0.29, 0.717) is 23.6 Å². The summed E-state index contributed by atoms with van der Waals surface area (Å²) in [4.78, 5) is 0. The number of rotatable bonds is 6. The first-order chi connectivity index (χ1) is 8.89. The predicted molar refractivity (Wildman–Crippen MR) is 75.9 cm³/mol. The molecule has 1 aromatic carbocycles. The van der Waals surface area contributed by atoms with Gasteiger partial charge in [-0.3, -0.25) is 0 Å². The Morgan fingerprint density at radius 1 is 1.32 bits per heavy atom. The zero-order chi connectivity index (χ0) is 14.5. The van der Waals surface area contributed by atoms with E-state index in [2.05, 4.69) is 0 Å². The second-order valence-corrected chi connectivity index (χ2v) is 6.93. The highest BCUT2D eigenvalue weighted by Crippen LogP contribution is 2.13. The normalized spacial score (nSPS) is 13.2. The number of nitrogens with zero attached hydrogens (tertiary/aromatic N) is 2. The highest BCUT2D eigenvalue weighted by atomic mass is 32.2. The highest BCUT2D eigenvalue weighted by Gasteiger charge is 2.19. The molecule has 0 heterocycles. The molecule has 0 bridgehead atoms. The van der Waals surface area contributed by atoms with Crippen molar-refractivity contribution in [2.24, 2.45) is 5.92 Å². The maximum absolute atomic E-state index is 12.2. The molecule has 19 heavy (non-hydrogen) atoms. The average Bonchev–Trinajstić information content (AvgIpc) is 2.39. The smallest absolute Gasteiger partial charge is 0.212 e. The number of sulfonamides is 1. The van der Waals surface area contributed by atoms with Crippen LogP contribution in [0.1, 0.15) is 31.4 Å². The van der Waals surface area contributed by atoms with E-state index in [4.69, 9.17) is 5.26 Å². The van der Waals surface area contributed by atoms with Crippen molar-refractivity contribution in [1.82, 2.24) is 4.31 Å².